The van der Waals surface area contributed by atoms with Gasteiger partial charge in [-0.05, 0) is 10.4 Å². The quantitative estimate of drug-likeness (QED) is 0.660. The van der Waals surface area contributed by atoms with Crippen molar-refractivity contribution in [2.75, 3.05) is 0 Å². The van der Waals surface area contributed by atoms with Crippen molar-refractivity contribution in [2.45, 2.75) is 39.3 Å². The molecular formula is C22H30Si3. The summed E-state index contributed by atoms with van der Waals surface area (Å²) in [5.41, 5.74) is 0. The van der Waals surface area contributed by atoms with Crippen LogP contribution >= 0.6 is 0 Å². The molecular weight excluding hydrogens is 349 g/mol. The fourth-order valence-electron chi connectivity index (χ4n) is 4.35. The summed E-state index contributed by atoms with van der Waals surface area (Å²) in [7, 11) is -4.97. The van der Waals surface area contributed by atoms with Crippen LogP contribution in [0.3, 0.4) is 0 Å². The molecule has 2 aromatic rings. The Morgan fingerprint density at radius 3 is 1.12 bits per heavy atom. The molecule has 0 saturated carbocycles. The van der Waals surface area contributed by atoms with Gasteiger partial charge < -0.3 is 0 Å². The van der Waals surface area contributed by atoms with Gasteiger partial charge in [-0.25, -0.2) is 0 Å². The Morgan fingerprint density at radius 1 is 0.520 bits per heavy atom. The predicted molar refractivity (Wildman–Crippen MR) is 121 cm³/mol. The molecule has 1 heterocycles. The van der Waals surface area contributed by atoms with Crippen molar-refractivity contribution in [1.29, 1.82) is 0 Å². The zero-order chi connectivity index (χ0) is 18.3. The third kappa shape index (κ3) is 3.09. The highest BCUT2D eigenvalue weighted by Crippen LogP contribution is 2.39. The maximum atomic E-state index is 2.53. The highest BCUT2D eigenvalue weighted by atomic mass is 28.4. The molecule has 2 aromatic carbocycles. The Balaban J connectivity index is 2.41. The summed E-state index contributed by atoms with van der Waals surface area (Å²) in [6, 6.07) is 22.8. The van der Waals surface area contributed by atoms with Gasteiger partial charge >= 0.3 is 0 Å². The van der Waals surface area contributed by atoms with Crippen LogP contribution in [-0.4, -0.2) is 24.2 Å². The van der Waals surface area contributed by atoms with Crippen LogP contribution in [-0.2, 0) is 0 Å². The molecule has 0 nitrogen and oxygen atoms in total. The molecule has 1 aliphatic rings. The van der Waals surface area contributed by atoms with Gasteiger partial charge in [0.25, 0.3) is 0 Å². The average molecular weight is 379 g/mol. The van der Waals surface area contributed by atoms with Gasteiger partial charge in [0, 0.05) is 0 Å². The number of hydrogen-bond donors (Lipinski definition) is 0. The van der Waals surface area contributed by atoms with E-state index in [-0.39, 0.29) is 0 Å². The number of allylic oxidation sites excluding steroid dienone is 2. The minimum Gasteiger partial charge on any atom is -0.0787 e. The van der Waals surface area contributed by atoms with Crippen molar-refractivity contribution in [1.82, 2.24) is 0 Å². The summed E-state index contributed by atoms with van der Waals surface area (Å²) in [4.78, 5) is 3.57. The Kier molecular flexibility index (Phi) is 4.69. The van der Waals surface area contributed by atoms with E-state index in [1.165, 1.54) is 0 Å². The second kappa shape index (κ2) is 6.38. The molecule has 3 rings (SSSR count). The lowest BCUT2D eigenvalue weighted by molar-refractivity contribution is 1.64. The second-order valence-electron chi connectivity index (χ2n) is 9.14. The SMILES string of the molecule is C[Si](C)(C)C1=CC=C([Si](C)(C)C)[Si]1(c1ccccc1)c1ccccc1. The molecule has 3 heteroatoms. The van der Waals surface area contributed by atoms with Crippen LogP contribution in [0, 0.1) is 0 Å². The van der Waals surface area contributed by atoms with Crippen LogP contribution < -0.4 is 10.4 Å². The smallest absolute Gasteiger partial charge is 0.0787 e. The first-order valence-electron chi connectivity index (χ1n) is 9.23. The highest BCUT2D eigenvalue weighted by Gasteiger charge is 2.53. The lowest BCUT2D eigenvalue weighted by Gasteiger charge is -2.43. The molecule has 0 atom stereocenters. The Morgan fingerprint density at radius 2 is 0.840 bits per heavy atom. The summed E-state index contributed by atoms with van der Waals surface area (Å²) in [6.07, 6.45) is 5.07. The van der Waals surface area contributed by atoms with E-state index >= 15 is 0 Å². The molecule has 0 bridgehead atoms. The van der Waals surface area contributed by atoms with Gasteiger partial charge in [0.15, 0.2) is 8.07 Å². The minimum atomic E-state index is -2.07. The van der Waals surface area contributed by atoms with E-state index in [4.69, 9.17) is 0 Å². The third-order valence-electron chi connectivity index (χ3n) is 5.25. The maximum absolute atomic E-state index is 2.53. The molecule has 0 spiro atoms. The van der Waals surface area contributed by atoms with Crippen LogP contribution in [0.1, 0.15) is 0 Å². The zero-order valence-corrected chi connectivity index (χ0v) is 19.4. The van der Waals surface area contributed by atoms with Gasteiger partial charge in [-0.15, -0.1) is 0 Å². The Labute approximate surface area is 156 Å². The van der Waals surface area contributed by atoms with E-state index in [1.54, 1.807) is 20.0 Å². The van der Waals surface area contributed by atoms with Gasteiger partial charge in [-0.3, -0.25) is 0 Å². The number of hydrogen-bond acceptors (Lipinski definition) is 0. The fourth-order valence-corrected chi connectivity index (χ4v) is 21.4. The standard InChI is InChI=1S/C22H30Si3/c1-23(2,3)21-17-18-22(24(4,5)6)25(21,19-13-9-7-10-14-19)20-15-11-8-12-16-20/h7-18H,1-6H3. The maximum Gasteiger partial charge on any atom is 0.163 e. The summed E-state index contributed by atoms with van der Waals surface area (Å²) < 4.78 is 0. The first-order valence-corrected chi connectivity index (χ1v) is 18.2. The van der Waals surface area contributed by atoms with Crippen molar-refractivity contribution in [2.24, 2.45) is 0 Å². The first kappa shape index (κ1) is 18.4. The zero-order valence-electron chi connectivity index (χ0n) is 16.4. The molecule has 0 amide bonds. The molecule has 130 valence electrons. The second-order valence-corrected chi connectivity index (χ2v) is 24.0. The monoisotopic (exact) mass is 378 g/mol. The van der Waals surface area contributed by atoms with E-state index in [0.717, 1.165) is 0 Å². The van der Waals surface area contributed by atoms with Crippen LogP contribution in [0.4, 0.5) is 0 Å². The van der Waals surface area contributed by atoms with Crippen molar-refractivity contribution >= 4 is 34.6 Å². The third-order valence-corrected chi connectivity index (χ3v) is 19.9. The Hall–Kier alpha value is -1.43. The molecule has 0 aromatic heterocycles. The molecule has 0 saturated heterocycles. The van der Waals surface area contributed by atoms with Crippen LogP contribution in [0.15, 0.2) is 82.5 Å². The van der Waals surface area contributed by atoms with Crippen LogP contribution in [0.5, 0.6) is 0 Å². The van der Waals surface area contributed by atoms with E-state index in [2.05, 4.69) is 112 Å². The predicted octanol–water partition coefficient (Wildman–Crippen LogP) is 4.95. The fraction of sp³-hybridized carbons (Fsp3) is 0.273. The highest BCUT2D eigenvalue weighted by molar-refractivity contribution is 7.28. The van der Waals surface area contributed by atoms with Crippen molar-refractivity contribution in [3.05, 3.63) is 82.5 Å². The molecule has 25 heavy (non-hydrogen) atoms. The summed E-state index contributed by atoms with van der Waals surface area (Å²) in [5, 5.41) is 3.14. The largest absolute Gasteiger partial charge is 0.163 e. The normalized spacial score (nSPS) is 17.2. The topological polar surface area (TPSA) is 0 Å². The van der Waals surface area contributed by atoms with Gasteiger partial charge in [0.05, 0.1) is 16.1 Å². The van der Waals surface area contributed by atoms with Crippen molar-refractivity contribution < 1.29 is 0 Å². The van der Waals surface area contributed by atoms with Gasteiger partial charge in [-0.1, -0.05) is 122 Å². The number of rotatable bonds is 4. The van der Waals surface area contributed by atoms with Crippen LogP contribution in [0.2, 0.25) is 39.3 Å². The van der Waals surface area contributed by atoms with E-state index in [9.17, 15) is 0 Å². The average Bonchev–Trinajstić information content (AvgIpc) is 2.98. The lowest BCUT2D eigenvalue weighted by Crippen LogP contribution is -2.67. The number of benzene rings is 2. The molecule has 0 radical (unpaired) electrons. The van der Waals surface area contributed by atoms with E-state index < -0.39 is 24.2 Å². The first-order chi connectivity index (χ1) is 11.7. The van der Waals surface area contributed by atoms with E-state index in [0.29, 0.717) is 0 Å². The summed E-state index contributed by atoms with van der Waals surface area (Å²) >= 11 is 0. The summed E-state index contributed by atoms with van der Waals surface area (Å²) in [6.45, 7) is 15.1. The molecule has 1 aliphatic heterocycles. The minimum absolute atomic E-state index is 1.45. The van der Waals surface area contributed by atoms with E-state index in [1.807, 2.05) is 0 Å². The summed E-state index contributed by atoms with van der Waals surface area (Å²) in [5.74, 6) is 0. The molecule has 0 fully saturated rings. The molecule has 0 N–H and O–H groups in total. The van der Waals surface area contributed by atoms with Gasteiger partial charge in [0.2, 0.25) is 0 Å². The molecule has 0 aliphatic carbocycles. The van der Waals surface area contributed by atoms with Crippen molar-refractivity contribution in [3.63, 3.8) is 0 Å². The van der Waals surface area contributed by atoms with Crippen molar-refractivity contribution in [3.8, 4) is 0 Å². The van der Waals surface area contributed by atoms with Crippen LogP contribution in [0.25, 0.3) is 0 Å². The van der Waals surface area contributed by atoms with Gasteiger partial charge in [-0.2, -0.15) is 0 Å². The molecule has 0 unspecified atom stereocenters. The lowest BCUT2D eigenvalue weighted by atomic mass is 10.4. The van der Waals surface area contributed by atoms with Gasteiger partial charge in [0.1, 0.15) is 0 Å². The Bertz CT molecular complexity index is 732.